The Labute approximate surface area is 267 Å². The summed E-state index contributed by atoms with van der Waals surface area (Å²) in [6.45, 7) is 4.04. The van der Waals surface area contributed by atoms with Crippen molar-refractivity contribution in [1.82, 2.24) is 0 Å². The minimum Gasteiger partial charge on any atom is -0.456 e. The fourth-order valence-electron chi connectivity index (χ4n) is 7.32. The van der Waals surface area contributed by atoms with E-state index in [1.54, 1.807) is 0 Å². The SMILES string of the molecule is C=CCc1ccc2c(-c3cccc4ccccc34)c3ccccc3c(-c3cccc(-c4ccc5oc6ccccc6c5c4)c3)c2c1. The van der Waals surface area contributed by atoms with Crippen LogP contribution in [0.4, 0.5) is 0 Å². The number of benzene rings is 8. The Morgan fingerprint density at radius 3 is 1.96 bits per heavy atom. The highest BCUT2D eigenvalue weighted by Crippen LogP contribution is 2.46. The molecule has 216 valence electrons. The van der Waals surface area contributed by atoms with Gasteiger partial charge in [0, 0.05) is 10.8 Å². The third-order valence-corrected chi connectivity index (χ3v) is 9.39. The van der Waals surface area contributed by atoms with Crippen LogP contribution >= 0.6 is 0 Å². The molecule has 0 saturated heterocycles. The van der Waals surface area contributed by atoms with Gasteiger partial charge in [-0.3, -0.25) is 0 Å². The number of furan rings is 1. The molecule has 1 heteroatoms. The Hall–Kier alpha value is -5.92. The molecular weight excluding hydrogens is 556 g/mol. The van der Waals surface area contributed by atoms with Gasteiger partial charge < -0.3 is 4.42 Å². The third kappa shape index (κ3) is 4.17. The minimum absolute atomic E-state index is 0.824. The van der Waals surface area contributed by atoms with Crippen LogP contribution in [-0.2, 0) is 6.42 Å². The monoisotopic (exact) mass is 586 g/mol. The zero-order chi connectivity index (χ0) is 30.6. The molecule has 0 aliphatic carbocycles. The molecule has 1 aromatic heterocycles. The summed E-state index contributed by atoms with van der Waals surface area (Å²) in [6.07, 6.45) is 2.81. The summed E-state index contributed by atoms with van der Waals surface area (Å²) in [5.41, 5.74) is 10.5. The number of hydrogen-bond donors (Lipinski definition) is 0. The summed E-state index contributed by atoms with van der Waals surface area (Å²) >= 11 is 0. The zero-order valence-corrected chi connectivity index (χ0v) is 25.3. The summed E-state index contributed by atoms with van der Waals surface area (Å²) < 4.78 is 6.13. The van der Waals surface area contributed by atoms with Crippen LogP contribution in [0.15, 0.2) is 169 Å². The predicted molar refractivity (Wildman–Crippen MR) is 196 cm³/mol. The van der Waals surface area contributed by atoms with E-state index in [2.05, 4.69) is 146 Å². The van der Waals surface area contributed by atoms with Gasteiger partial charge in [0.2, 0.25) is 0 Å². The van der Waals surface area contributed by atoms with Crippen LogP contribution in [0.3, 0.4) is 0 Å². The molecule has 0 amide bonds. The maximum atomic E-state index is 6.13. The highest BCUT2D eigenvalue weighted by Gasteiger charge is 2.19. The van der Waals surface area contributed by atoms with E-state index in [9.17, 15) is 0 Å². The molecule has 0 unspecified atom stereocenters. The third-order valence-electron chi connectivity index (χ3n) is 9.39. The van der Waals surface area contributed by atoms with Crippen molar-refractivity contribution in [3.63, 3.8) is 0 Å². The first-order valence-corrected chi connectivity index (χ1v) is 15.9. The molecule has 46 heavy (non-hydrogen) atoms. The maximum absolute atomic E-state index is 6.13. The number of rotatable bonds is 5. The minimum atomic E-state index is 0.824. The van der Waals surface area contributed by atoms with E-state index >= 15 is 0 Å². The highest BCUT2D eigenvalue weighted by molar-refractivity contribution is 6.23. The first-order chi connectivity index (χ1) is 22.8. The molecule has 0 saturated carbocycles. The number of para-hydroxylation sites is 1. The molecule has 0 N–H and O–H groups in total. The molecule has 9 rings (SSSR count). The van der Waals surface area contributed by atoms with Crippen LogP contribution < -0.4 is 0 Å². The summed E-state index contributed by atoms with van der Waals surface area (Å²) in [6, 6.07) is 55.1. The van der Waals surface area contributed by atoms with Gasteiger partial charge in [-0.25, -0.2) is 0 Å². The molecule has 8 aromatic carbocycles. The Kier molecular flexibility index (Phi) is 6.11. The van der Waals surface area contributed by atoms with Crippen LogP contribution in [-0.4, -0.2) is 0 Å². The molecule has 1 nitrogen and oxygen atoms in total. The van der Waals surface area contributed by atoms with Gasteiger partial charge in [-0.15, -0.1) is 6.58 Å². The van der Waals surface area contributed by atoms with Crippen molar-refractivity contribution in [2.45, 2.75) is 6.42 Å². The second-order valence-corrected chi connectivity index (χ2v) is 12.1. The smallest absolute Gasteiger partial charge is 0.135 e. The van der Waals surface area contributed by atoms with Gasteiger partial charge in [-0.05, 0) is 102 Å². The van der Waals surface area contributed by atoms with Crippen molar-refractivity contribution >= 4 is 54.3 Å². The van der Waals surface area contributed by atoms with Crippen LogP contribution in [0.1, 0.15) is 5.56 Å². The van der Waals surface area contributed by atoms with Crippen molar-refractivity contribution in [1.29, 1.82) is 0 Å². The Morgan fingerprint density at radius 1 is 0.435 bits per heavy atom. The molecule has 0 fully saturated rings. The second kappa shape index (κ2) is 10.6. The summed E-state index contributed by atoms with van der Waals surface area (Å²) in [5.74, 6) is 0. The second-order valence-electron chi connectivity index (χ2n) is 12.1. The standard InChI is InChI=1S/C45H30O/c1-2-11-29-22-24-39-41(26-29)44(37-18-5-6-19-38(37)45(39)36-20-10-13-30-12-3-4-16-34(30)36)33-15-9-14-31(27-33)32-23-25-43-40(28-32)35-17-7-8-21-42(35)46-43/h2-10,12-28H,1,11H2. The number of hydrogen-bond acceptors (Lipinski definition) is 1. The van der Waals surface area contributed by atoms with Crippen molar-refractivity contribution in [2.24, 2.45) is 0 Å². The van der Waals surface area contributed by atoms with Gasteiger partial charge in [-0.1, -0.05) is 133 Å². The maximum Gasteiger partial charge on any atom is 0.135 e. The summed E-state index contributed by atoms with van der Waals surface area (Å²) in [5, 5.41) is 9.83. The Morgan fingerprint density at radius 2 is 1.09 bits per heavy atom. The average Bonchev–Trinajstić information content (AvgIpc) is 3.49. The van der Waals surface area contributed by atoms with Crippen molar-refractivity contribution < 1.29 is 4.42 Å². The lowest BCUT2D eigenvalue weighted by atomic mass is 9.83. The van der Waals surface area contributed by atoms with E-state index in [1.165, 1.54) is 71.3 Å². The molecule has 9 aromatic rings. The van der Waals surface area contributed by atoms with Crippen molar-refractivity contribution in [3.8, 4) is 33.4 Å². The first-order valence-electron chi connectivity index (χ1n) is 15.9. The van der Waals surface area contributed by atoms with Crippen LogP contribution in [0.25, 0.3) is 87.6 Å². The molecule has 0 radical (unpaired) electrons. The van der Waals surface area contributed by atoms with Crippen molar-refractivity contribution in [3.05, 3.63) is 170 Å². The van der Waals surface area contributed by atoms with E-state index in [1.807, 2.05) is 18.2 Å². The highest BCUT2D eigenvalue weighted by atomic mass is 16.3. The van der Waals surface area contributed by atoms with Crippen molar-refractivity contribution in [2.75, 3.05) is 0 Å². The molecule has 0 bridgehead atoms. The molecule has 1 heterocycles. The number of fused-ring (bicyclic) bond motifs is 6. The lowest BCUT2D eigenvalue weighted by Crippen LogP contribution is -1.93. The van der Waals surface area contributed by atoms with Crippen LogP contribution in [0.5, 0.6) is 0 Å². The van der Waals surface area contributed by atoms with Gasteiger partial charge in [0.15, 0.2) is 0 Å². The lowest BCUT2D eigenvalue weighted by molar-refractivity contribution is 0.669. The summed E-state index contributed by atoms with van der Waals surface area (Å²) in [7, 11) is 0. The quantitative estimate of drug-likeness (QED) is 0.144. The van der Waals surface area contributed by atoms with E-state index in [0.29, 0.717) is 0 Å². The Bertz CT molecular complexity index is 2630. The predicted octanol–water partition coefficient (Wildman–Crippen LogP) is 12.8. The lowest BCUT2D eigenvalue weighted by Gasteiger charge is -2.20. The van der Waals surface area contributed by atoms with E-state index in [-0.39, 0.29) is 0 Å². The largest absolute Gasteiger partial charge is 0.456 e. The van der Waals surface area contributed by atoms with Crippen LogP contribution in [0, 0.1) is 0 Å². The topological polar surface area (TPSA) is 13.1 Å². The van der Waals surface area contributed by atoms with E-state index in [0.717, 1.165) is 28.4 Å². The Balaban J connectivity index is 1.33. The average molecular weight is 587 g/mol. The van der Waals surface area contributed by atoms with E-state index < -0.39 is 0 Å². The van der Waals surface area contributed by atoms with Gasteiger partial charge in [0.1, 0.15) is 11.2 Å². The zero-order valence-electron chi connectivity index (χ0n) is 25.3. The van der Waals surface area contributed by atoms with Crippen LogP contribution in [0.2, 0.25) is 0 Å². The van der Waals surface area contributed by atoms with E-state index in [4.69, 9.17) is 4.42 Å². The molecular formula is C45H30O. The molecule has 0 atom stereocenters. The molecule has 0 aliphatic rings. The van der Waals surface area contributed by atoms with Gasteiger partial charge in [-0.2, -0.15) is 0 Å². The van der Waals surface area contributed by atoms with Gasteiger partial charge in [0.05, 0.1) is 0 Å². The molecule has 0 spiro atoms. The van der Waals surface area contributed by atoms with Gasteiger partial charge >= 0.3 is 0 Å². The fraction of sp³-hybridized carbons (Fsp3) is 0.0222. The first kappa shape index (κ1) is 26.5. The fourth-order valence-corrected chi connectivity index (χ4v) is 7.32. The molecule has 0 aliphatic heterocycles. The normalized spacial score (nSPS) is 11.7. The van der Waals surface area contributed by atoms with Gasteiger partial charge in [0.25, 0.3) is 0 Å². The number of allylic oxidation sites excluding steroid dienone is 1. The summed E-state index contributed by atoms with van der Waals surface area (Å²) in [4.78, 5) is 0.